The second-order valence-electron chi connectivity index (χ2n) is 4.73. The van der Waals surface area contributed by atoms with E-state index in [1.54, 1.807) is 0 Å². The fourth-order valence-electron chi connectivity index (χ4n) is 2.14. The lowest BCUT2D eigenvalue weighted by Gasteiger charge is -2.16. The molecule has 2 heteroatoms. The van der Waals surface area contributed by atoms with Gasteiger partial charge in [0.1, 0.15) is 0 Å². The number of nitrogens with zero attached hydrogens (tertiary/aromatic N) is 1. The molecule has 18 heavy (non-hydrogen) atoms. The van der Waals surface area contributed by atoms with Crippen molar-refractivity contribution in [1.29, 1.82) is 0 Å². The van der Waals surface area contributed by atoms with Crippen LogP contribution in [0.5, 0.6) is 0 Å². The Morgan fingerprint density at radius 3 is 2.50 bits per heavy atom. The summed E-state index contributed by atoms with van der Waals surface area (Å²) in [6.45, 7) is 7.25. The Morgan fingerprint density at radius 1 is 1.06 bits per heavy atom. The van der Waals surface area contributed by atoms with E-state index in [2.05, 4.69) is 61.4 Å². The van der Waals surface area contributed by atoms with Gasteiger partial charge in [-0.05, 0) is 43.5 Å². The number of aromatic nitrogens is 1. The minimum atomic E-state index is 0.340. The number of aryl methyl sites for hydroxylation is 2. The zero-order chi connectivity index (χ0) is 13.0. The van der Waals surface area contributed by atoms with Gasteiger partial charge in [-0.25, -0.2) is 0 Å². The SMILES string of the molecule is Cc1ccccc1[C@H](C)NCc1ncccc1C. The van der Waals surface area contributed by atoms with Crippen LogP contribution in [0.2, 0.25) is 0 Å². The highest BCUT2D eigenvalue weighted by Crippen LogP contribution is 2.17. The van der Waals surface area contributed by atoms with E-state index in [0.717, 1.165) is 12.2 Å². The summed E-state index contributed by atoms with van der Waals surface area (Å²) in [4.78, 5) is 4.40. The van der Waals surface area contributed by atoms with Crippen LogP contribution in [0.25, 0.3) is 0 Å². The van der Waals surface area contributed by atoms with Crippen LogP contribution in [-0.4, -0.2) is 4.98 Å². The molecule has 1 heterocycles. The number of nitrogens with one attached hydrogen (secondary N) is 1. The molecule has 0 spiro atoms. The molecule has 1 aromatic carbocycles. The summed E-state index contributed by atoms with van der Waals surface area (Å²) in [6.07, 6.45) is 1.85. The molecule has 0 aliphatic heterocycles. The van der Waals surface area contributed by atoms with Gasteiger partial charge in [0.15, 0.2) is 0 Å². The Balaban J connectivity index is 2.03. The number of pyridine rings is 1. The predicted octanol–water partition coefficient (Wildman–Crippen LogP) is 3.55. The highest BCUT2D eigenvalue weighted by atomic mass is 14.9. The van der Waals surface area contributed by atoms with Crippen molar-refractivity contribution >= 4 is 0 Å². The van der Waals surface area contributed by atoms with Crippen LogP contribution in [0.3, 0.4) is 0 Å². The maximum absolute atomic E-state index is 4.40. The van der Waals surface area contributed by atoms with Gasteiger partial charge in [0.05, 0.1) is 5.69 Å². The standard InChI is InChI=1S/C16H20N2/c1-12-7-4-5-9-15(12)14(3)18-11-16-13(2)8-6-10-17-16/h4-10,14,18H,11H2,1-3H3/t14-/m0/s1. The Labute approximate surface area is 109 Å². The summed E-state index contributed by atoms with van der Waals surface area (Å²) in [5.74, 6) is 0. The first kappa shape index (κ1) is 12.8. The quantitative estimate of drug-likeness (QED) is 0.884. The third-order valence-electron chi connectivity index (χ3n) is 3.35. The zero-order valence-corrected chi connectivity index (χ0v) is 11.3. The molecule has 1 atom stereocenters. The summed E-state index contributed by atoms with van der Waals surface area (Å²) in [5, 5.41) is 3.53. The molecule has 94 valence electrons. The van der Waals surface area contributed by atoms with Crippen LogP contribution < -0.4 is 5.32 Å². The molecular weight excluding hydrogens is 220 g/mol. The van der Waals surface area contributed by atoms with Crippen molar-refractivity contribution in [3.05, 3.63) is 65.0 Å². The van der Waals surface area contributed by atoms with Crippen molar-refractivity contribution in [2.75, 3.05) is 0 Å². The maximum atomic E-state index is 4.40. The molecular formula is C16H20N2. The smallest absolute Gasteiger partial charge is 0.0570 e. The molecule has 1 aromatic heterocycles. The summed E-state index contributed by atoms with van der Waals surface area (Å²) < 4.78 is 0. The van der Waals surface area contributed by atoms with Gasteiger partial charge >= 0.3 is 0 Å². The lowest BCUT2D eigenvalue weighted by atomic mass is 10.0. The van der Waals surface area contributed by atoms with E-state index < -0.39 is 0 Å². The highest BCUT2D eigenvalue weighted by Gasteiger charge is 2.08. The highest BCUT2D eigenvalue weighted by molar-refractivity contribution is 5.28. The second kappa shape index (κ2) is 5.78. The van der Waals surface area contributed by atoms with Crippen LogP contribution in [0.4, 0.5) is 0 Å². The third kappa shape index (κ3) is 2.96. The molecule has 1 N–H and O–H groups in total. The zero-order valence-electron chi connectivity index (χ0n) is 11.3. The average Bonchev–Trinajstić information content (AvgIpc) is 2.38. The topological polar surface area (TPSA) is 24.9 Å². The largest absolute Gasteiger partial charge is 0.305 e. The fraction of sp³-hybridized carbons (Fsp3) is 0.312. The summed E-state index contributed by atoms with van der Waals surface area (Å²) in [5.41, 5.74) is 5.04. The maximum Gasteiger partial charge on any atom is 0.0570 e. The van der Waals surface area contributed by atoms with Crippen LogP contribution in [0, 0.1) is 13.8 Å². The summed E-state index contributed by atoms with van der Waals surface area (Å²) >= 11 is 0. The van der Waals surface area contributed by atoms with Gasteiger partial charge in [-0.15, -0.1) is 0 Å². The first-order valence-corrected chi connectivity index (χ1v) is 6.38. The van der Waals surface area contributed by atoms with Crippen molar-refractivity contribution in [2.45, 2.75) is 33.4 Å². The lowest BCUT2D eigenvalue weighted by molar-refractivity contribution is 0.564. The Morgan fingerprint density at radius 2 is 1.78 bits per heavy atom. The van der Waals surface area contributed by atoms with Crippen molar-refractivity contribution in [2.24, 2.45) is 0 Å². The van der Waals surface area contributed by atoms with Crippen LogP contribution >= 0.6 is 0 Å². The fourth-order valence-corrected chi connectivity index (χ4v) is 2.14. The van der Waals surface area contributed by atoms with Crippen molar-refractivity contribution in [3.63, 3.8) is 0 Å². The number of rotatable bonds is 4. The normalized spacial score (nSPS) is 12.4. The monoisotopic (exact) mass is 240 g/mol. The van der Waals surface area contributed by atoms with Gasteiger partial charge in [-0.3, -0.25) is 4.98 Å². The van der Waals surface area contributed by atoms with Gasteiger partial charge < -0.3 is 5.32 Å². The Hall–Kier alpha value is -1.67. The van der Waals surface area contributed by atoms with E-state index in [-0.39, 0.29) is 0 Å². The van der Waals surface area contributed by atoms with E-state index in [1.165, 1.54) is 16.7 Å². The van der Waals surface area contributed by atoms with Crippen molar-refractivity contribution < 1.29 is 0 Å². The molecule has 2 rings (SSSR count). The van der Waals surface area contributed by atoms with E-state index in [4.69, 9.17) is 0 Å². The molecule has 2 nitrogen and oxygen atoms in total. The van der Waals surface area contributed by atoms with E-state index in [1.807, 2.05) is 12.3 Å². The van der Waals surface area contributed by atoms with Gasteiger partial charge in [0, 0.05) is 18.8 Å². The first-order chi connectivity index (χ1) is 8.68. The van der Waals surface area contributed by atoms with Crippen LogP contribution in [0.1, 0.15) is 35.3 Å². The minimum Gasteiger partial charge on any atom is -0.305 e. The van der Waals surface area contributed by atoms with Gasteiger partial charge in [0.2, 0.25) is 0 Å². The number of hydrogen-bond acceptors (Lipinski definition) is 2. The molecule has 2 aromatic rings. The van der Waals surface area contributed by atoms with Crippen molar-refractivity contribution in [3.8, 4) is 0 Å². The van der Waals surface area contributed by atoms with Crippen LogP contribution in [-0.2, 0) is 6.54 Å². The first-order valence-electron chi connectivity index (χ1n) is 6.38. The Kier molecular flexibility index (Phi) is 4.11. The van der Waals surface area contributed by atoms with Gasteiger partial charge in [0.25, 0.3) is 0 Å². The molecule has 0 unspecified atom stereocenters. The van der Waals surface area contributed by atoms with E-state index >= 15 is 0 Å². The summed E-state index contributed by atoms with van der Waals surface area (Å²) in [7, 11) is 0. The number of benzene rings is 1. The van der Waals surface area contributed by atoms with Gasteiger partial charge in [-0.1, -0.05) is 30.3 Å². The predicted molar refractivity (Wildman–Crippen MR) is 75.4 cm³/mol. The molecule has 0 aliphatic rings. The molecule has 0 aliphatic carbocycles. The number of hydrogen-bond donors (Lipinski definition) is 1. The summed E-state index contributed by atoms with van der Waals surface area (Å²) in [6, 6.07) is 12.9. The average molecular weight is 240 g/mol. The minimum absolute atomic E-state index is 0.340. The molecule has 0 radical (unpaired) electrons. The molecule has 0 saturated carbocycles. The van der Waals surface area contributed by atoms with Gasteiger partial charge in [-0.2, -0.15) is 0 Å². The molecule has 0 saturated heterocycles. The molecule has 0 bridgehead atoms. The van der Waals surface area contributed by atoms with Crippen molar-refractivity contribution in [1.82, 2.24) is 10.3 Å². The second-order valence-corrected chi connectivity index (χ2v) is 4.73. The molecule has 0 fully saturated rings. The van der Waals surface area contributed by atoms with E-state index in [9.17, 15) is 0 Å². The van der Waals surface area contributed by atoms with E-state index in [0.29, 0.717) is 6.04 Å². The molecule has 0 amide bonds. The van der Waals surface area contributed by atoms with Crippen LogP contribution in [0.15, 0.2) is 42.6 Å². The lowest BCUT2D eigenvalue weighted by Crippen LogP contribution is -2.20. The third-order valence-corrected chi connectivity index (χ3v) is 3.35. The Bertz CT molecular complexity index is 520.